The van der Waals surface area contributed by atoms with E-state index in [0.717, 1.165) is 99.5 Å². The number of allylic oxidation sites excluding steroid dienone is 1. The average molecular weight is 629 g/mol. The third-order valence-corrected chi connectivity index (χ3v) is 9.03. The zero-order valence-electron chi connectivity index (χ0n) is 26.7. The van der Waals surface area contributed by atoms with Gasteiger partial charge in [0.25, 0.3) is 0 Å². The van der Waals surface area contributed by atoms with Gasteiger partial charge in [-0.25, -0.2) is 15.0 Å². The van der Waals surface area contributed by atoms with E-state index < -0.39 is 0 Å². The lowest BCUT2D eigenvalue weighted by Gasteiger charge is -2.13. The topological polar surface area (TPSA) is 76.8 Å². The molecule has 0 unspecified atom stereocenters. The Morgan fingerprint density at radius 1 is 0.490 bits per heavy atom. The molecule has 0 aliphatic rings. The molecule has 0 aliphatic heterocycles. The number of benzene rings is 4. The van der Waals surface area contributed by atoms with Crippen LogP contribution in [0.5, 0.6) is 0 Å². The van der Waals surface area contributed by atoms with Crippen molar-refractivity contribution >= 4 is 66.4 Å². The highest BCUT2D eigenvalue weighted by Gasteiger charge is 2.15. The molecule has 0 spiro atoms. The van der Waals surface area contributed by atoms with Gasteiger partial charge in [-0.15, -0.1) is 0 Å². The highest BCUT2D eigenvalue weighted by atomic mass is 14.8. The molecule has 4 aromatic carbocycles. The molecule has 9 rings (SSSR count). The largest absolute Gasteiger partial charge is 0.254 e. The van der Waals surface area contributed by atoms with Crippen molar-refractivity contribution in [3.05, 3.63) is 146 Å². The second-order valence-corrected chi connectivity index (χ2v) is 12.1. The lowest BCUT2D eigenvalue weighted by atomic mass is 9.97. The average Bonchev–Trinajstić information content (AvgIpc) is 3.16. The Labute approximate surface area is 282 Å². The molecule has 0 N–H and O–H groups in total. The van der Waals surface area contributed by atoms with Crippen molar-refractivity contribution < 1.29 is 0 Å². The van der Waals surface area contributed by atoms with Gasteiger partial charge >= 0.3 is 0 Å². The summed E-state index contributed by atoms with van der Waals surface area (Å²) in [5, 5.41) is 5.22. The van der Waals surface area contributed by atoms with Gasteiger partial charge in [-0.1, -0.05) is 79.4 Å². The van der Waals surface area contributed by atoms with Gasteiger partial charge in [0.05, 0.1) is 50.4 Å². The maximum atomic E-state index is 5.20. The summed E-state index contributed by atoms with van der Waals surface area (Å²) in [5.74, 6) is 0. The Balaban J connectivity index is 1.29. The van der Waals surface area contributed by atoms with Gasteiger partial charge < -0.3 is 0 Å². The van der Waals surface area contributed by atoms with Gasteiger partial charge in [0.2, 0.25) is 0 Å². The van der Waals surface area contributed by atoms with Crippen molar-refractivity contribution in [2.75, 3.05) is 0 Å². The Morgan fingerprint density at radius 3 is 1.39 bits per heavy atom. The molecule has 0 radical (unpaired) electrons. The standard InChI is InChI=1S/C43H28N6/c1-3-20-44-38-26(2)8-9-29-14-17-35(47-41(29)38)32-23-33(36-18-15-30-12-10-27-6-4-21-45-39(27)42(30)48-36)25-34(24-32)37-19-16-31-13-11-28-7-5-22-46-40(28)43(31)49-37/h3-25H,1H2,2H3/b44-20-. The summed E-state index contributed by atoms with van der Waals surface area (Å²) < 4.78 is 0. The Morgan fingerprint density at radius 2 is 0.898 bits per heavy atom. The molecule has 0 saturated heterocycles. The summed E-state index contributed by atoms with van der Waals surface area (Å²) in [7, 11) is 0. The van der Waals surface area contributed by atoms with Crippen LogP contribution < -0.4 is 0 Å². The first-order valence-electron chi connectivity index (χ1n) is 16.1. The van der Waals surface area contributed by atoms with Crippen molar-refractivity contribution in [2.45, 2.75) is 6.92 Å². The molecule has 6 nitrogen and oxygen atoms in total. The first kappa shape index (κ1) is 28.6. The summed E-state index contributed by atoms with van der Waals surface area (Å²) >= 11 is 0. The van der Waals surface area contributed by atoms with Crippen LogP contribution in [0.2, 0.25) is 0 Å². The molecular weight excluding hydrogens is 601 g/mol. The first-order chi connectivity index (χ1) is 24.1. The van der Waals surface area contributed by atoms with Crippen molar-refractivity contribution in [1.82, 2.24) is 24.9 Å². The number of rotatable bonds is 5. The maximum absolute atomic E-state index is 5.20. The minimum absolute atomic E-state index is 0.831. The van der Waals surface area contributed by atoms with Crippen LogP contribution >= 0.6 is 0 Å². The minimum Gasteiger partial charge on any atom is -0.254 e. The molecular formula is C43H28N6. The first-order valence-corrected chi connectivity index (χ1v) is 16.1. The highest BCUT2D eigenvalue weighted by molar-refractivity contribution is 6.05. The second kappa shape index (κ2) is 11.5. The normalized spacial score (nSPS) is 11.8. The number of hydrogen-bond donors (Lipinski definition) is 0. The predicted molar refractivity (Wildman–Crippen MR) is 202 cm³/mol. The molecule has 0 fully saturated rings. The van der Waals surface area contributed by atoms with Crippen LogP contribution in [-0.4, -0.2) is 31.1 Å². The van der Waals surface area contributed by atoms with Gasteiger partial charge in [-0.05, 0) is 61.0 Å². The zero-order chi connectivity index (χ0) is 32.9. The van der Waals surface area contributed by atoms with Crippen LogP contribution in [0.4, 0.5) is 5.69 Å². The number of pyridine rings is 5. The number of aromatic nitrogens is 5. The third-order valence-electron chi connectivity index (χ3n) is 9.03. The van der Waals surface area contributed by atoms with Crippen LogP contribution in [-0.2, 0) is 0 Å². The molecule has 0 bridgehead atoms. The van der Waals surface area contributed by atoms with E-state index in [-0.39, 0.29) is 0 Å². The van der Waals surface area contributed by atoms with Crippen molar-refractivity contribution in [2.24, 2.45) is 4.99 Å². The second-order valence-electron chi connectivity index (χ2n) is 12.1. The van der Waals surface area contributed by atoms with E-state index in [9.17, 15) is 0 Å². The number of nitrogens with zero attached hydrogens (tertiary/aromatic N) is 6. The van der Waals surface area contributed by atoms with Crippen LogP contribution in [0, 0.1) is 6.92 Å². The smallest absolute Gasteiger partial charge is 0.0972 e. The molecule has 5 heterocycles. The van der Waals surface area contributed by atoms with Crippen LogP contribution in [0.25, 0.3) is 88.3 Å². The number of aryl methyl sites for hydroxylation is 1. The van der Waals surface area contributed by atoms with E-state index in [4.69, 9.17) is 15.0 Å². The third kappa shape index (κ3) is 4.98. The monoisotopic (exact) mass is 628 g/mol. The molecule has 49 heavy (non-hydrogen) atoms. The van der Waals surface area contributed by atoms with Crippen LogP contribution in [0.15, 0.2) is 145 Å². The van der Waals surface area contributed by atoms with E-state index >= 15 is 0 Å². The van der Waals surface area contributed by atoms with Crippen LogP contribution in [0.3, 0.4) is 0 Å². The molecule has 0 saturated carbocycles. The SMILES string of the molecule is C=C/C=N\c1c(C)ccc2ccc(-c3cc(-c4ccc5ccc6cccnc6c5n4)cc(-c4ccc5ccc6cccnc6c5n4)c3)nc12. The fourth-order valence-electron chi connectivity index (χ4n) is 6.57. The maximum Gasteiger partial charge on any atom is 0.0972 e. The number of aliphatic imine (C=N–C) groups is 1. The van der Waals surface area contributed by atoms with Crippen LogP contribution in [0.1, 0.15) is 5.56 Å². The van der Waals surface area contributed by atoms with Crippen molar-refractivity contribution in [1.29, 1.82) is 0 Å². The summed E-state index contributed by atoms with van der Waals surface area (Å²) in [4.78, 5) is 29.7. The highest BCUT2D eigenvalue weighted by Crippen LogP contribution is 2.36. The lowest BCUT2D eigenvalue weighted by molar-refractivity contribution is 1.34. The molecule has 0 amide bonds. The molecule has 0 aliphatic carbocycles. The van der Waals surface area contributed by atoms with Gasteiger partial charge in [0.15, 0.2) is 0 Å². The molecule has 230 valence electrons. The van der Waals surface area contributed by atoms with Gasteiger partial charge in [0, 0.05) is 62.2 Å². The fourth-order valence-corrected chi connectivity index (χ4v) is 6.57. The molecule has 6 heteroatoms. The van der Waals surface area contributed by atoms with Gasteiger partial charge in [-0.2, -0.15) is 0 Å². The minimum atomic E-state index is 0.831. The molecule has 5 aromatic heterocycles. The van der Waals surface area contributed by atoms with E-state index in [1.54, 1.807) is 12.3 Å². The van der Waals surface area contributed by atoms with Crippen molar-refractivity contribution in [3.8, 4) is 33.8 Å². The Kier molecular flexibility index (Phi) is 6.73. The van der Waals surface area contributed by atoms with E-state index in [2.05, 4.69) is 132 Å². The summed E-state index contributed by atoms with van der Waals surface area (Å²) in [6.45, 7) is 5.86. The van der Waals surface area contributed by atoms with Gasteiger partial charge in [-0.3, -0.25) is 15.0 Å². The zero-order valence-corrected chi connectivity index (χ0v) is 26.7. The summed E-state index contributed by atoms with van der Waals surface area (Å²) in [6, 6.07) is 39.6. The molecule has 0 atom stereocenters. The van der Waals surface area contributed by atoms with Crippen molar-refractivity contribution in [3.63, 3.8) is 0 Å². The molecule has 9 aromatic rings. The summed E-state index contributed by atoms with van der Waals surface area (Å²) in [6.07, 6.45) is 7.03. The fraction of sp³-hybridized carbons (Fsp3) is 0.0233. The summed E-state index contributed by atoms with van der Waals surface area (Å²) in [5.41, 5.74) is 11.6. The predicted octanol–water partition coefficient (Wildman–Crippen LogP) is 10.6. The lowest BCUT2D eigenvalue weighted by Crippen LogP contribution is -1.94. The van der Waals surface area contributed by atoms with E-state index in [1.165, 1.54) is 0 Å². The van der Waals surface area contributed by atoms with E-state index in [1.807, 2.05) is 24.5 Å². The number of hydrogen-bond acceptors (Lipinski definition) is 6. The number of fused-ring (bicyclic) bond motifs is 7. The van der Waals surface area contributed by atoms with Gasteiger partial charge in [0.1, 0.15) is 0 Å². The Hall–Kier alpha value is -6.66. The van der Waals surface area contributed by atoms with E-state index in [0.29, 0.717) is 0 Å². The quantitative estimate of drug-likeness (QED) is 0.140. The Bertz CT molecular complexity index is 2680.